The van der Waals surface area contributed by atoms with Crippen LogP contribution in [-0.2, 0) is 0 Å². The van der Waals surface area contributed by atoms with Crippen molar-refractivity contribution in [2.24, 2.45) is 5.73 Å². The van der Waals surface area contributed by atoms with Gasteiger partial charge in [-0.2, -0.15) is 0 Å². The standard InChI is InChI=1S/C10H16N4/c11-8-3-1-2-4-9(8)14-10-5-6-12-7-13-10/h5-9H,1-4,11H2,(H,12,13,14). The van der Waals surface area contributed by atoms with Crippen LogP contribution in [0.2, 0.25) is 0 Å². The Morgan fingerprint density at radius 2 is 2.21 bits per heavy atom. The molecule has 1 fully saturated rings. The van der Waals surface area contributed by atoms with Gasteiger partial charge in [-0.25, -0.2) is 9.97 Å². The molecule has 1 heterocycles. The van der Waals surface area contributed by atoms with Crippen LogP contribution in [-0.4, -0.2) is 22.1 Å². The molecule has 76 valence electrons. The fraction of sp³-hybridized carbons (Fsp3) is 0.600. The number of hydrogen-bond donors (Lipinski definition) is 2. The molecule has 1 aliphatic rings. The number of nitrogens with two attached hydrogens (primary N) is 1. The van der Waals surface area contributed by atoms with Crippen LogP contribution in [0.3, 0.4) is 0 Å². The van der Waals surface area contributed by atoms with E-state index in [1.54, 1.807) is 12.5 Å². The van der Waals surface area contributed by atoms with Crippen molar-refractivity contribution in [3.63, 3.8) is 0 Å². The number of nitrogens with zero attached hydrogens (tertiary/aromatic N) is 2. The molecule has 3 N–H and O–H groups in total. The second-order valence-corrected chi connectivity index (χ2v) is 3.79. The van der Waals surface area contributed by atoms with Gasteiger partial charge < -0.3 is 11.1 Å². The summed E-state index contributed by atoms with van der Waals surface area (Å²) < 4.78 is 0. The Balaban J connectivity index is 1.96. The lowest BCUT2D eigenvalue weighted by Gasteiger charge is -2.29. The summed E-state index contributed by atoms with van der Waals surface area (Å²) in [5.41, 5.74) is 6.02. The van der Waals surface area contributed by atoms with E-state index in [1.807, 2.05) is 6.07 Å². The monoisotopic (exact) mass is 192 g/mol. The second kappa shape index (κ2) is 4.37. The van der Waals surface area contributed by atoms with Gasteiger partial charge in [0.15, 0.2) is 0 Å². The first-order valence-corrected chi connectivity index (χ1v) is 5.14. The molecule has 1 aliphatic carbocycles. The average Bonchev–Trinajstić information content (AvgIpc) is 2.23. The van der Waals surface area contributed by atoms with Crippen molar-refractivity contribution in [2.75, 3.05) is 5.32 Å². The van der Waals surface area contributed by atoms with Crippen molar-refractivity contribution in [1.82, 2.24) is 9.97 Å². The predicted molar refractivity (Wildman–Crippen MR) is 55.9 cm³/mol. The third-order valence-corrected chi connectivity index (χ3v) is 2.73. The molecule has 1 aromatic rings. The van der Waals surface area contributed by atoms with Gasteiger partial charge >= 0.3 is 0 Å². The second-order valence-electron chi connectivity index (χ2n) is 3.79. The van der Waals surface area contributed by atoms with Gasteiger partial charge in [-0.15, -0.1) is 0 Å². The maximum atomic E-state index is 6.02. The van der Waals surface area contributed by atoms with Gasteiger partial charge in [-0.1, -0.05) is 12.8 Å². The average molecular weight is 192 g/mol. The summed E-state index contributed by atoms with van der Waals surface area (Å²) in [6.45, 7) is 0. The maximum Gasteiger partial charge on any atom is 0.129 e. The molecule has 0 aliphatic heterocycles. The van der Waals surface area contributed by atoms with Crippen LogP contribution in [0.1, 0.15) is 25.7 Å². The van der Waals surface area contributed by atoms with E-state index >= 15 is 0 Å². The molecule has 2 atom stereocenters. The Labute approximate surface area is 83.9 Å². The Morgan fingerprint density at radius 1 is 1.36 bits per heavy atom. The first-order chi connectivity index (χ1) is 6.86. The highest BCUT2D eigenvalue weighted by Crippen LogP contribution is 2.19. The summed E-state index contributed by atoms with van der Waals surface area (Å²) >= 11 is 0. The van der Waals surface area contributed by atoms with Crippen molar-refractivity contribution in [3.8, 4) is 0 Å². The maximum absolute atomic E-state index is 6.02. The summed E-state index contributed by atoms with van der Waals surface area (Å²) in [5, 5.41) is 3.35. The molecule has 0 bridgehead atoms. The van der Waals surface area contributed by atoms with Crippen molar-refractivity contribution in [2.45, 2.75) is 37.8 Å². The summed E-state index contributed by atoms with van der Waals surface area (Å²) in [5.74, 6) is 0.877. The molecule has 1 aromatic heterocycles. The fourth-order valence-corrected chi connectivity index (χ4v) is 1.90. The van der Waals surface area contributed by atoms with E-state index in [9.17, 15) is 0 Å². The zero-order valence-electron chi connectivity index (χ0n) is 8.19. The molecule has 2 unspecified atom stereocenters. The molecule has 2 rings (SSSR count). The molecule has 4 heteroatoms. The van der Waals surface area contributed by atoms with Crippen LogP contribution in [0.25, 0.3) is 0 Å². The lowest BCUT2D eigenvalue weighted by atomic mass is 9.91. The third kappa shape index (κ3) is 2.20. The SMILES string of the molecule is NC1CCCCC1Nc1ccncn1. The Kier molecular flexibility index (Phi) is 2.93. The van der Waals surface area contributed by atoms with Crippen molar-refractivity contribution < 1.29 is 0 Å². The minimum atomic E-state index is 0.263. The lowest BCUT2D eigenvalue weighted by molar-refractivity contribution is 0.403. The Bertz CT molecular complexity index is 275. The summed E-state index contributed by atoms with van der Waals surface area (Å²) in [7, 11) is 0. The van der Waals surface area contributed by atoms with E-state index in [4.69, 9.17) is 5.73 Å². The van der Waals surface area contributed by atoms with E-state index in [2.05, 4.69) is 15.3 Å². The van der Waals surface area contributed by atoms with Crippen molar-refractivity contribution in [1.29, 1.82) is 0 Å². The van der Waals surface area contributed by atoms with Crippen molar-refractivity contribution in [3.05, 3.63) is 18.6 Å². The zero-order valence-corrected chi connectivity index (χ0v) is 8.19. The summed E-state index contributed by atoms with van der Waals surface area (Å²) in [4.78, 5) is 8.00. The third-order valence-electron chi connectivity index (χ3n) is 2.73. The Hall–Kier alpha value is -1.16. The quantitative estimate of drug-likeness (QED) is 0.738. The largest absolute Gasteiger partial charge is 0.366 e. The molecule has 0 saturated heterocycles. The topological polar surface area (TPSA) is 63.8 Å². The first-order valence-electron chi connectivity index (χ1n) is 5.14. The van der Waals surface area contributed by atoms with Crippen LogP contribution in [0.4, 0.5) is 5.82 Å². The van der Waals surface area contributed by atoms with E-state index in [0.717, 1.165) is 18.7 Å². The number of anilines is 1. The van der Waals surface area contributed by atoms with Gasteiger partial charge in [0, 0.05) is 18.3 Å². The molecule has 0 amide bonds. The lowest BCUT2D eigenvalue weighted by Crippen LogP contribution is -2.42. The smallest absolute Gasteiger partial charge is 0.129 e. The minimum Gasteiger partial charge on any atom is -0.366 e. The van der Waals surface area contributed by atoms with E-state index in [0.29, 0.717) is 6.04 Å². The first kappa shape index (κ1) is 9.40. The van der Waals surface area contributed by atoms with Crippen LogP contribution in [0, 0.1) is 0 Å². The normalized spacial score (nSPS) is 27.2. The van der Waals surface area contributed by atoms with Gasteiger partial charge in [0.1, 0.15) is 12.1 Å². The van der Waals surface area contributed by atoms with Gasteiger partial charge in [0.05, 0.1) is 0 Å². The van der Waals surface area contributed by atoms with E-state index in [-0.39, 0.29) is 6.04 Å². The number of hydrogen-bond acceptors (Lipinski definition) is 4. The highest BCUT2D eigenvalue weighted by molar-refractivity contribution is 5.33. The minimum absolute atomic E-state index is 0.263. The molecule has 14 heavy (non-hydrogen) atoms. The van der Waals surface area contributed by atoms with Gasteiger partial charge in [-0.05, 0) is 18.9 Å². The molecular weight excluding hydrogens is 176 g/mol. The number of rotatable bonds is 2. The highest BCUT2D eigenvalue weighted by atomic mass is 15.0. The van der Waals surface area contributed by atoms with E-state index < -0.39 is 0 Å². The highest BCUT2D eigenvalue weighted by Gasteiger charge is 2.21. The van der Waals surface area contributed by atoms with Crippen LogP contribution in [0.15, 0.2) is 18.6 Å². The molecule has 0 spiro atoms. The fourth-order valence-electron chi connectivity index (χ4n) is 1.90. The molecule has 4 nitrogen and oxygen atoms in total. The molecular formula is C10H16N4. The Morgan fingerprint density at radius 3 is 2.93 bits per heavy atom. The summed E-state index contributed by atoms with van der Waals surface area (Å²) in [6.07, 6.45) is 8.06. The van der Waals surface area contributed by atoms with Crippen molar-refractivity contribution >= 4 is 5.82 Å². The van der Waals surface area contributed by atoms with Crippen LogP contribution < -0.4 is 11.1 Å². The summed E-state index contributed by atoms with van der Waals surface area (Å²) in [6, 6.07) is 2.51. The predicted octanol–water partition coefficient (Wildman–Crippen LogP) is 1.16. The van der Waals surface area contributed by atoms with Gasteiger partial charge in [0.25, 0.3) is 0 Å². The molecule has 1 saturated carbocycles. The number of aromatic nitrogens is 2. The van der Waals surface area contributed by atoms with Crippen LogP contribution in [0.5, 0.6) is 0 Å². The van der Waals surface area contributed by atoms with Gasteiger partial charge in [0.2, 0.25) is 0 Å². The molecule has 0 aromatic carbocycles. The molecule has 0 radical (unpaired) electrons. The number of nitrogens with one attached hydrogen (secondary N) is 1. The van der Waals surface area contributed by atoms with E-state index in [1.165, 1.54) is 12.8 Å². The zero-order chi connectivity index (χ0) is 9.80. The van der Waals surface area contributed by atoms with Gasteiger partial charge in [-0.3, -0.25) is 0 Å². The van der Waals surface area contributed by atoms with Crippen LogP contribution >= 0.6 is 0 Å².